The van der Waals surface area contributed by atoms with Gasteiger partial charge in [-0.15, -0.1) is 0 Å². The van der Waals surface area contributed by atoms with Crippen LogP contribution in [0.25, 0.3) is 22.3 Å². The molecule has 2 aromatic carbocycles. The first-order valence-electron chi connectivity index (χ1n) is 19.2. The topological polar surface area (TPSA) is 146 Å². The van der Waals surface area contributed by atoms with Crippen LogP contribution >= 0.6 is 0 Å². The van der Waals surface area contributed by atoms with Crippen molar-refractivity contribution in [2.75, 3.05) is 36.9 Å². The first kappa shape index (κ1) is 32.5. The molecule has 4 amide bonds. The molecule has 10 rings (SSSR count). The highest BCUT2D eigenvalue weighted by molar-refractivity contribution is 6.23. The minimum atomic E-state index is -0.963. The van der Waals surface area contributed by atoms with E-state index >= 15 is 0 Å². The predicted octanol–water partition coefficient (Wildman–Crippen LogP) is 4.51. The van der Waals surface area contributed by atoms with Crippen molar-refractivity contribution in [1.29, 1.82) is 0 Å². The van der Waals surface area contributed by atoms with Gasteiger partial charge in [0.2, 0.25) is 11.8 Å². The highest BCUT2D eigenvalue weighted by Gasteiger charge is 2.45. The number of carbonyl (C=O) groups excluding carboxylic acids is 4. The SMILES string of the molecule is CN1C[C@@H]2C[C@H]1CN2c1ccc2ncc(-c3cn([C@H]4C[C@H](CCCNc5ccc6c(c5)C(=O)N(C5CCC(=O)NC5=O)C6=O)C4)nc3C3CC3)nc2c1. The number of amides is 4. The van der Waals surface area contributed by atoms with Gasteiger partial charge in [0.1, 0.15) is 6.04 Å². The first-order chi connectivity index (χ1) is 25.8. The summed E-state index contributed by atoms with van der Waals surface area (Å²) in [6, 6.07) is 12.3. The lowest BCUT2D eigenvalue weighted by Gasteiger charge is -2.35. The molecule has 0 spiro atoms. The fourth-order valence-corrected chi connectivity index (χ4v) is 9.30. The third-order valence-corrected chi connectivity index (χ3v) is 12.5. The number of nitrogens with zero attached hydrogens (tertiary/aromatic N) is 7. The van der Waals surface area contributed by atoms with Crippen molar-refractivity contribution in [1.82, 2.24) is 34.9 Å². The average molecular weight is 714 g/mol. The summed E-state index contributed by atoms with van der Waals surface area (Å²) in [5.41, 5.74) is 7.65. The zero-order valence-corrected chi connectivity index (χ0v) is 29.8. The Bertz CT molecular complexity index is 2190. The molecule has 3 saturated heterocycles. The number of hydrogen-bond donors (Lipinski definition) is 2. The fraction of sp³-hybridized carbons (Fsp3) is 0.475. The minimum absolute atomic E-state index is 0.0995. The van der Waals surface area contributed by atoms with Crippen LogP contribution in [0.2, 0.25) is 0 Å². The third-order valence-electron chi connectivity index (χ3n) is 12.5. The second kappa shape index (κ2) is 12.5. The van der Waals surface area contributed by atoms with Gasteiger partial charge in [0, 0.05) is 67.2 Å². The monoisotopic (exact) mass is 713 g/mol. The summed E-state index contributed by atoms with van der Waals surface area (Å²) < 4.78 is 2.19. The van der Waals surface area contributed by atoms with Crippen LogP contribution < -0.4 is 15.5 Å². The Morgan fingerprint density at radius 1 is 0.868 bits per heavy atom. The van der Waals surface area contributed by atoms with Crippen LogP contribution in [0.15, 0.2) is 48.8 Å². The molecule has 2 N–H and O–H groups in total. The van der Waals surface area contributed by atoms with Crippen molar-refractivity contribution in [2.24, 2.45) is 5.92 Å². The summed E-state index contributed by atoms with van der Waals surface area (Å²) in [4.78, 5) is 66.2. The molecule has 2 aliphatic carbocycles. The van der Waals surface area contributed by atoms with Crippen molar-refractivity contribution in [3.8, 4) is 11.3 Å². The van der Waals surface area contributed by atoms with Crippen LogP contribution in [0.5, 0.6) is 0 Å². The van der Waals surface area contributed by atoms with Crippen molar-refractivity contribution in [3.63, 3.8) is 0 Å². The Hall–Kier alpha value is -5.17. The van der Waals surface area contributed by atoms with E-state index < -0.39 is 23.8 Å². The number of benzene rings is 2. The van der Waals surface area contributed by atoms with E-state index in [1.165, 1.54) is 24.9 Å². The molecule has 2 aromatic heterocycles. The van der Waals surface area contributed by atoms with Gasteiger partial charge in [-0.2, -0.15) is 5.10 Å². The molecule has 4 aromatic rings. The summed E-state index contributed by atoms with van der Waals surface area (Å²) in [5, 5.41) is 10.8. The molecule has 0 radical (unpaired) electrons. The highest BCUT2D eigenvalue weighted by atomic mass is 16.2. The van der Waals surface area contributed by atoms with Crippen molar-refractivity contribution in [3.05, 3.63) is 65.6 Å². The highest BCUT2D eigenvalue weighted by Crippen LogP contribution is 2.46. The van der Waals surface area contributed by atoms with Gasteiger partial charge in [-0.25, -0.2) is 4.98 Å². The number of anilines is 2. The Morgan fingerprint density at radius 3 is 2.49 bits per heavy atom. The smallest absolute Gasteiger partial charge is 0.262 e. The summed E-state index contributed by atoms with van der Waals surface area (Å²) >= 11 is 0. The van der Waals surface area contributed by atoms with E-state index in [2.05, 4.69) is 56.6 Å². The number of likely N-dealkylation sites (N-methyl/N-ethyl adjacent to an activating group) is 1. The number of fused-ring (bicyclic) bond motifs is 4. The Balaban J connectivity index is 0.752. The largest absolute Gasteiger partial charge is 0.385 e. The maximum Gasteiger partial charge on any atom is 0.262 e. The van der Waals surface area contributed by atoms with Crippen molar-refractivity contribution < 1.29 is 19.2 Å². The van der Waals surface area contributed by atoms with Gasteiger partial charge in [0.05, 0.1) is 45.8 Å². The van der Waals surface area contributed by atoms with E-state index in [9.17, 15) is 19.2 Å². The number of piperidine rings is 1. The summed E-state index contributed by atoms with van der Waals surface area (Å²) in [5.74, 6) is -0.843. The number of piperazine rings is 1. The fourth-order valence-electron chi connectivity index (χ4n) is 9.30. The predicted molar refractivity (Wildman–Crippen MR) is 198 cm³/mol. The minimum Gasteiger partial charge on any atom is -0.385 e. The van der Waals surface area contributed by atoms with Crippen molar-refractivity contribution >= 4 is 46.0 Å². The normalized spacial score (nSPS) is 26.8. The van der Waals surface area contributed by atoms with Gasteiger partial charge in [0.25, 0.3) is 11.8 Å². The quantitative estimate of drug-likeness (QED) is 0.178. The van der Waals surface area contributed by atoms with Crippen LogP contribution in [0.1, 0.15) is 96.2 Å². The number of likely N-dealkylation sites (tertiary alicyclic amines) is 1. The van der Waals surface area contributed by atoms with Crippen LogP contribution in [0, 0.1) is 5.92 Å². The lowest BCUT2D eigenvalue weighted by molar-refractivity contribution is -0.136. The number of carbonyl (C=O) groups is 4. The lowest BCUT2D eigenvalue weighted by atomic mass is 9.77. The molecule has 13 heteroatoms. The molecule has 13 nitrogen and oxygen atoms in total. The van der Waals surface area contributed by atoms with E-state index in [0.29, 0.717) is 30.0 Å². The number of nitrogens with one attached hydrogen (secondary N) is 2. The second-order valence-corrected chi connectivity index (χ2v) is 16.0. The maximum atomic E-state index is 13.2. The van der Waals surface area contributed by atoms with Crippen LogP contribution in [0.3, 0.4) is 0 Å². The average Bonchev–Trinajstić information content (AvgIpc) is 3.47. The maximum absolute atomic E-state index is 13.2. The van der Waals surface area contributed by atoms with Crippen molar-refractivity contribution in [2.45, 2.75) is 87.9 Å². The molecule has 2 saturated carbocycles. The molecule has 272 valence electrons. The standard InChI is InChI=1S/C40H43N9O4/c1-46-19-28-16-27(46)20-47(28)25-7-9-32-33(17-25)43-34(18-42-32)31-21-48(45-37(31)23-4-5-23)26-13-22(14-26)3-2-12-41-24-6-8-29-30(15-24)40(53)49(39(29)52)35-10-11-36(50)44-38(35)51/h6-9,15,17-18,21-23,26-28,35,41H,2-5,10-14,16,19-20H2,1H3,(H,44,50,51)/t22-,26-,27-,28-,35?/m0/s1. The summed E-state index contributed by atoms with van der Waals surface area (Å²) in [7, 11) is 2.23. The molecule has 6 aliphatic rings. The van der Waals surface area contributed by atoms with E-state index in [0.717, 1.165) is 83.9 Å². The van der Waals surface area contributed by atoms with E-state index in [1.54, 1.807) is 18.2 Å². The zero-order chi connectivity index (χ0) is 36.0. The number of imide groups is 2. The molecule has 6 heterocycles. The summed E-state index contributed by atoms with van der Waals surface area (Å²) in [6.45, 7) is 2.94. The van der Waals surface area contributed by atoms with Crippen LogP contribution in [0.4, 0.5) is 11.4 Å². The first-order valence-corrected chi connectivity index (χ1v) is 19.2. The number of hydrogen-bond acceptors (Lipinski definition) is 10. The van der Waals surface area contributed by atoms with E-state index in [-0.39, 0.29) is 29.9 Å². The van der Waals surface area contributed by atoms with Gasteiger partial charge in [-0.1, -0.05) is 0 Å². The van der Waals surface area contributed by atoms with Gasteiger partial charge in [-0.3, -0.25) is 44.0 Å². The molecule has 1 unspecified atom stereocenters. The lowest BCUT2D eigenvalue weighted by Crippen LogP contribution is -2.54. The molecule has 4 aliphatic heterocycles. The van der Waals surface area contributed by atoms with Gasteiger partial charge in [0.15, 0.2) is 0 Å². The molecular weight excluding hydrogens is 670 g/mol. The van der Waals surface area contributed by atoms with Gasteiger partial charge < -0.3 is 10.2 Å². The summed E-state index contributed by atoms with van der Waals surface area (Å²) in [6.07, 6.45) is 12.2. The second-order valence-electron chi connectivity index (χ2n) is 16.0. The number of rotatable bonds is 10. The molecule has 2 bridgehead atoms. The molecular formula is C40H43N9O4. The van der Waals surface area contributed by atoms with Crippen LogP contribution in [-0.2, 0) is 9.59 Å². The zero-order valence-electron chi connectivity index (χ0n) is 29.8. The Morgan fingerprint density at radius 2 is 1.72 bits per heavy atom. The molecule has 3 atom stereocenters. The third kappa shape index (κ3) is 5.67. The Labute approximate surface area is 307 Å². The molecule has 5 fully saturated rings. The van der Waals surface area contributed by atoms with E-state index in [1.807, 2.05) is 6.20 Å². The van der Waals surface area contributed by atoms with Gasteiger partial charge >= 0.3 is 0 Å². The Kier molecular flexibility index (Phi) is 7.64. The van der Waals surface area contributed by atoms with Gasteiger partial charge in [-0.05, 0) is 101 Å². The molecule has 53 heavy (non-hydrogen) atoms. The van der Waals surface area contributed by atoms with E-state index in [4.69, 9.17) is 15.1 Å². The number of aromatic nitrogens is 4. The van der Waals surface area contributed by atoms with Crippen LogP contribution in [-0.4, -0.2) is 98.0 Å².